The first-order valence-electron chi connectivity index (χ1n) is 4.87. The summed E-state index contributed by atoms with van der Waals surface area (Å²) in [6.07, 6.45) is 3.89. The lowest BCUT2D eigenvalue weighted by Crippen LogP contribution is -2.46. The molecule has 0 saturated heterocycles. The van der Waals surface area contributed by atoms with E-state index in [-0.39, 0.29) is 0 Å². The number of carboxylic acids is 1. The number of urea groups is 1. The molecule has 0 fully saturated rings. The van der Waals surface area contributed by atoms with Gasteiger partial charge in [-0.25, -0.2) is 9.59 Å². The lowest BCUT2D eigenvalue weighted by atomic mass is 10.2. The number of likely N-dealkylation sites (N-methyl/N-ethyl adjacent to an activating group) is 1. The quantitative estimate of drug-likeness (QED) is 0.658. The predicted molar refractivity (Wildman–Crippen MR) is 65.8 cm³/mol. The van der Waals surface area contributed by atoms with Crippen molar-refractivity contribution in [2.24, 2.45) is 0 Å². The fourth-order valence-electron chi connectivity index (χ4n) is 1.03. The van der Waals surface area contributed by atoms with Crippen LogP contribution in [0.5, 0.6) is 0 Å². The Morgan fingerprint density at radius 2 is 2.25 bits per heavy atom. The summed E-state index contributed by atoms with van der Waals surface area (Å²) in [5.74, 6) is -0.308. The van der Waals surface area contributed by atoms with Crippen molar-refractivity contribution in [3.05, 3.63) is 12.7 Å². The van der Waals surface area contributed by atoms with Crippen LogP contribution in [0, 0.1) is 0 Å². The van der Waals surface area contributed by atoms with E-state index in [4.69, 9.17) is 5.11 Å². The molecule has 0 rings (SSSR count). The number of rotatable bonds is 7. The Bertz CT molecular complexity index is 258. The summed E-state index contributed by atoms with van der Waals surface area (Å²) in [5, 5.41) is 11.4. The smallest absolute Gasteiger partial charge is 0.326 e. The molecule has 0 spiro atoms. The number of thioether (sulfide) groups is 1. The van der Waals surface area contributed by atoms with E-state index in [1.165, 1.54) is 4.90 Å². The fraction of sp³-hybridized carbons (Fsp3) is 0.600. The molecule has 0 aliphatic carbocycles. The number of aliphatic carboxylic acids is 1. The first-order chi connectivity index (χ1) is 7.52. The van der Waals surface area contributed by atoms with E-state index < -0.39 is 18.0 Å². The lowest BCUT2D eigenvalue weighted by molar-refractivity contribution is -0.139. The zero-order chi connectivity index (χ0) is 12.6. The van der Waals surface area contributed by atoms with Crippen LogP contribution in [0.4, 0.5) is 4.79 Å². The van der Waals surface area contributed by atoms with E-state index in [1.807, 2.05) is 6.26 Å². The summed E-state index contributed by atoms with van der Waals surface area (Å²) in [6, 6.07) is -1.22. The topological polar surface area (TPSA) is 69.6 Å². The Hall–Kier alpha value is -1.17. The maximum absolute atomic E-state index is 11.5. The van der Waals surface area contributed by atoms with Crippen molar-refractivity contribution in [3.63, 3.8) is 0 Å². The molecule has 0 unspecified atom stereocenters. The van der Waals surface area contributed by atoms with Crippen molar-refractivity contribution < 1.29 is 14.7 Å². The van der Waals surface area contributed by atoms with Gasteiger partial charge in [-0.2, -0.15) is 11.8 Å². The lowest BCUT2D eigenvalue weighted by Gasteiger charge is -2.19. The van der Waals surface area contributed by atoms with Crippen LogP contribution in [0.1, 0.15) is 6.42 Å². The second-order valence-electron chi connectivity index (χ2n) is 3.29. The molecule has 16 heavy (non-hydrogen) atoms. The zero-order valence-electron chi connectivity index (χ0n) is 9.60. The molecule has 0 aromatic heterocycles. The van der Waals surface area contributed by atoms with Gasteiger partial charge in [0.1, 0.15) is 6.04 Å². The van der Waals surface area contributed by atoms with Gasteiger partial charge >= 0.3 is 12.0 Å². The van der Waals surface area contributed by atoms with Crippen molar-refractivity contribution in [2.75, 3.05) is 25.6 Å². The average Bonchev–Trinajstić information content (AvgIpc) is 2.23. The number of carbonyl (C=O) groups is 2. The molecule has 2 N–H and O–H groups in total. The van der Waals surface area contributed by atoms with Gasteiger partial charge in [-0.05, 0) is 18.4 Å². The molecule has 1 atom stereocenters. The normalized spacial score (nSPS) is 11.6. The molecule has 92 valence electrons. The summed E-state index contributed by atoms with van der Waals surface area (Å²) in [7, 11) is 1.59. The van der Waals surface area contributed by atoms with Gasteiger partial charge in [0.25, 0.3) is 0 Å². The molecule has 0 radical (unpaired) electrons. The van der Waals surface area contributed by atoms with Crippen LogP contribution in [0.3, 0.4) is 0 Å². The second kappa shape index (κ2) is 8.04. The molecule has 0 heterocycles. The van der Waals surface area contributed by atoms with E-state index in [0.29, 0.717) is 18.7 Å². The standard InChI is InChI=1S/C10H18N2O3S/c1-4-6-12(2)10(15)11-8(9(13)14)5-7-16-3/h4,8H,1,5-7H2,2-3H3,(H,11,15)(H,13,14)/t8-/m0/s1. The number of carboxylic acid groups (broad SMARTS) is 1. The highest BCUT2D eigenvalue weighted by Crippen LogP contribution is 2.01. The van der Waals surface area contributed by atoms with E-state index >= 15 is 0 Å². The molecule has 0 aliphatic rings. The Morgan fingerprint density at radius 1 is 1.62 bits per heavy atom. The van der Waals surface area contributed by atoms with Crippen molar-refractivity contribution in [1.82, 2.24) is 10.2 Å². The summed E-state index contributed by atoms with van der Waals surface area (Å²) in [5.41, 5.74) is 0. The number of amides is 2. The summed E-state index contributed by atoms with van der Waals surface area (Å²) in [6.45, 7) is 3.90. The van der Waals surface area contributed by atoms with Crippen molar-refractivity contribution >= 4 is 23.8 Å². The Balaban J connectivity index is 4.22. The minimum atomic E-state index is -1.01. The maximum atomic E-state index is 11.5. The van der Waals surface area contributed by atoms with Gasteiger partial charge in [0, 0.05) is 13.6 Å². The minimum absolute atomic E-state index is 0.390. The number of nitrogens with one attached hydrogen (secondary N) is 1. The van der Waals surface area contributed by atoms with Gasteiger partial charge in [-0.1, -0.05) is 6.08 Å². The molecule has 5 nitrogen and oxygen atoms in total. The fourth-order valence-corrected chi connectivity index (χ4v) is 1.50. The highest BCUT2D eigenvalue weighted by Gasteiger charge is 2.20. The van der Waals surface area contributed by atoms with Gasteiger partial charge in [-0.3, -0.25) is 0 Å². The van der Waals surface area contributed by atoms with E-state index in [2.05, 4.69) is 11.9 Å². The van der Waals surface area contributed by atoms with Crippen LogP contribution in [0.2, 0.25) is 0 Å². The van der Waals surface area contributed by atoms with Crippen LogP contribution < -0.4 is 5.32 Å². The van der Waals surface area contributed by atoms with Gasteiger partial charge < -0.3 is 15.3 Å². The third-order valence-electron chi connectivity index (χ3n) is 1.96. The Kier molecular flexibility index (Phi) is 7.45. The van der Waals surface area contributed by atoms with Crippen molar-refractivity contribution in [3.8, 4) is 0 Å². The second-order valence-corrected chi connectivity index (χ2v) is 4.28. The first-order valence-corrected chi connectivity index (χ1v) is 6.26. The number of hydrogen-bond acceptors (Lipinski definition) is 3. The number of nitrogens with zero attached hydrogens (tertiary/aromatic N) is 1. The summed E-state index contributed by atoms with van der Waals surface area (Å²) in [4.78, 5) is 23.7. The van der Waals surface area contributed by atoms with Crippen molar-refractivity contribution in [1.29, 1.82) is 0 Å². The van der Waals surface area contributed by atoms with E-state index in [0.717, 1.165) is 0 Å². The van der Waals surface area contributed by atoms with Crippen LogP contribution in [0.25, 0.3) is 0 Å². The third kappa shape index (κ3) is 5.65. The monoisotopic (exact) mass is 246 g/mol. The Morgan fingerprint density at radius 3 is 2.69 bits per heavy atom. The van der Waals surface area contributed by atoms with Crippen molar-refractivity contribution in [2.45, 2.75) is 12.5 Å². The van der Waals surface area contributed by atoms with Gasteiger partial charge in [0.05, 0.1) is 0 Å². The molecule has 6 heteroatoms. The summed E-state index contributed by atoms with van der Waals surface area (Å²) < 4.78 is 0. The highest BCUT2D eigenvalue weighted by atomic mass is 32.2. The highest BCUT2D eigenvalue weighted by molar-refractivity contribution is 7.98. The van der Waals surface area contributed by atoms with Gasteiger partial charge in [0.15, 0.2) is 0 Å². The molecular weight excluding hydrogens is 228 g/mol. The predicted octanol–water partition coefficient (Wildman–Crippen LogP) is 1.02. The molecule has 0 saturated carbocycles. The Labute approximate surface area is 99.9 Å². The van der Waals surface area contributed by atoms with Gasteiger partial charge in [0.2, 0.25) is 0 Å². The molecule has 0 aromatic rings. The molecular formula is C10H18N2O3S. The zero-order valence-corrected chi connectivity index (χ0v) is 10.4. The third-order valence-corrected chi connectivity index (χ3v) is 2.60. The largest absolute Gasteiger partial charge is 0.480 e. The molecule has 2 amide bonds. The van der Waals surface area contributed by atoms with Crippen LogP contribution in [0.15, 0.2) is 12.7 Å². The van der Waals surface area contributed by atoms with E-state index in [9.17, 15) is 9.59 Å². The van der Waals surface area contributed by atoms with Gasteiger partial charge in [-0.15, -0.1) is 6.58 Å². The van der Waals surface area contributed by atoms with Crippen LogP contribution in [-0.2, 0) is 4.79 Å². The van der Waals surface area contributed by atoms with Crippen LogP contribution >= 0.6 is 11.8 Å². The van der Waals surface area contributed by atoms with E-state index in [1.54, 1.807) is 24.9 Å². The molecule has 0 aromatic carbocycles. The van der Waals surface area contributed by atoms with Crippen LogP contribution in [-0.4, -0.2) is 53.6 Å². The minimum Gasteiger partial charge on any atom is -0.480 e. The number of carbonyl (C=O) groups excluding carboxylic acids is 1. The first kappa shape index (κ1) is 14.8. The molecule has 0 aliphatic heterocycles. The molecule has 0 bridgehead atoms. The SMILES string of the molecule is C=CCN(C)C(=O)N[C@@H](CCSC)C(=O)O. The average molecular weight is 246 g/mol. The number of hydrogen-bond donors (Lipinski definition) is 2. The maximum Gasteiger partial charge on any atom is 0.326 e. The summed E-state index contributed by atoms with van der Waals surface area (Å²) >= 11 is 1.55.